The summed E-state index contributed by atoms with van der Waals surface area (Å²) in [6.07, 6.45) is 2.14. The second-order valence-corrected chi connectivity index (χ2v) is 7.61. The Morgan fingerprint density at radius 1 is 0.931 bits per heavy atom. The molecule has 0 bridgehead atoms. The molecule has 1 N–H and O–H groups in total. The molecule has 0 spiro atoms. The van der Waals surface area contributed by atoms with Gasteiger partial charge < -0.3 is 14.8 Å². The molecule has 0 aromatic heterocycles. The smallest absolute Gasteiger partial charge is 0.166 e. The van der Waals surface area contributed by atoms with Gasteiger partial charge in [0, 0.05) is 23.2 Å². The van der Waals surface area contributed by atoms with E-state index in [0.717, 1.165) is 42.0 Å². The third kappa shape index (κ3) is 6.52. The maximum absolute atomic E-state index is 6.14. The van der Waals surface area contributed by atoms with E-state index in [-0.39, 0.29) is 0 Å². The first-order valence-electron chi connectivity index (χ1n) is 9.96. The van der Waals surface area contributed by atoms with E-state index in [1.54, 1.807) is 7.11 Å². The predicted molar refractivity (Wildman–Crippen MR) is 120 cm³/mol. The normalized spacial score (nSPS) is 11.8. The zero-order valence-electron chi connectivity index (χ0n) is 17.0. The number of ether oxygens (including phenoxy) is 2. The number of hydrogen-bond donors (Lipinski definition) is 1. The minimum Gasteiger partial charge on any atom is -0.493 e. The van der Waals surface area contributed by atoms with Gasteiger partial charge in [-0.3, -0.25) is 0 Å². The van der Waals surface area contributed by atoms with Crippen molar-refractivity contribution in [3.63, 3.8) is 0 Å². The fourth-order valence-corrected chi connectivity index (χ4v) is 3.43. The number of nitrogens with one attached hydrogen (secondary N) is 1. The molecule has 0 unspecified atom stereocenters. The molecule has 0 radical (unpaired) electrons. The molecule has 3 rings (SSSR count). The average Bonchev–Trinajstić information content (AvgIpc) is 2.75. The number of aryl methyl sites for hydroxylation is 1. The highest BCUT2D eigenvalue weighted by atomic mass is 35.5. The Bertz CT molecular complexity index is 898. The van der Waals surface area contributed by atoms with Gasteiger partial charge in [-0.25, -0.2) is 0 Å². The summed E-state index contributed by atoms with van der Waals surface area (Å²) in [6, 6.07) is 24.7. The fourth-order valence-electron chi connectivity index (χ4n) is 3.22. The highest BCUT2D eigenvalue weighted by molar-refractivity contribution is 6.30. The quantitative estimate of drug-likeness (QED) is 0.443. The standard InChI is InChI=1S/C25H28ClNO2/c1-19(14-15-20-8-4-3-5-9-20)27-17-22-11-7-13-24(28-2)25(22)29-18-21-10-6-12-23(26)16-21/h3-13,16,19,27H,14-15,17-18H2,1-2H3/t19-/m0/s1. The molecule has 3 aromatic carbocycles. The average molecular weight is 410 g/mol. The van der Waals surface area contributed by atoms with E-state index in [0.29, 0.717) is 17.7 Å². The Labute approximate surface area is 178 Å². The molecule has 3 aromatic rings. The van der Waals surface area contributed by atoms with E-state index in [2.05, 4.69) is 48.6 Å². The number of methoxy groups -OCH3 is 1. The third-order valence-electron chi connectivity index (χ3n) is 4.90. The van der Waals surface area contributed by atoms with Gasteiger partial charge in [-0.05, 0) is 49.1 Å². The van der Waals surface area contributed by atoms with Crippen molar-refractivity contribution >= 4 is 11.6 Å². The molecule has 1 atom stereocenters. The van der Waals surface area contributed by atoms with Gasteiger partial charge in [0.2, 0.25) is 0 Å². The van der Waals surface area contributed by atoms with Gasteiger partial charge in [0.05, 0.1) is 7.11 Å². The lowest BCUT2D eigenvalue weighted by molar-refractivity contribution is 0.280. The molecule has 152 valence electrons. The monoisotopic (exact) mass is 409 g/mol. The van der Waals surface area contributed by atoms with E-state index in [1.165, 1.54) is 5.56 Å². The second kappa shape index (κ2) is 10.9. The van der Waals surface area contributed by atoms with Crippen molar-refractivity contribution in [2.24, 2.45) is 0 Å². The van der Waals surface area contributed by atoms with Crippen molar-refractivity contribution in [1.82, 2.24) is 5.32 Å². The van der Waals surface area contributed by atoms with E-state index in [1.807, 2.05) is 36.4 Å². The van der Waals surface area contributed by atoms with E-state index in [9.17, 15) is 0 Å². The topological polar surface area (TPSA) is 30.5 Å². The molecule has 0 aliphatic heterocycles. The van der Waals surface area contributed by atoms with Crippen LogP contribution in [0.3, 0.4) is 0 Å². The maximum atomic E-state index is 6.14. The van der Waals surface area contributed by atoms with Crippen molar-refractivity contribution in [3.05, 3.63) is 94.5 Å². The summed E-state index contributed by atoms with van der Waals surface area (Å²) in [5.74, 6) is 1.51. The highest BCUT2D eigenvalue weighted by Crippen LogP contribution is 2.32. The van der Waals surface area contributed by atoms with Crippen LogP contribution >= 0.6 is 11.6 Å². The Hall–Kier alpha value is -2.49. The summed E-state index contributed by atoms with van der Waals surface area (Å²) in [4.78, 5) is 0. The van der Waals surface area contributed by atoms with Gasteiger partial charge in [0.25, 0.3) is 0 Å². The second-order valence-electron chi connectivity index (χ2n) is 7.17. The molecule has 0 amide bonds. The molecule has 4 heteroatoms. The van der Waals surface area contributed by atoms with Crippen LogP contribution in [0.4, 0.5) is 0 Å². The lowest BCUT2D eigenvalue weighted by Crippen LogP contribution is -2.26. The molecule has 29 heavy (non-hydrogen) atoms. The zero-order valence-corrected chi connectivity index (χ0v) is 17.8. The summed E-state index contributed by atoms with van der Waals surface area (Å²) < 4.78 is 11.7. The van der Waals surface area contributed by atoms with Gasteiger partial charge >= 0.3 is 0 Å². The molecule has 0 saturated carbocycles. The lowest BCUT2D eigenvalue weighted by atomic mass is 10.1. The maximum Gasteiger partial charge on any atom is 0.166 e. The van der Waals surface area contributed by atoms with Crippen LogP contribution in [0.15, 0.2) is 72.8 Å². The number of benzene rings is 3. The van der Waals surface area contributed by atoms with Crippen molar-refractivity contribution in [2.75, 3.05) is 7.11 Å². The summed E-state index contributed by atoms with van der Waals surface area (Å²) in [5.41, 5.74) is 3.48. The van der Waals surface area contributed by atoms with Crippen LogP contribution in [-0.4, -0.2) is 13.2 Å². The fraction of sp³-hybridized carbons (Fsp3) is 0.280. The van der Waals surface area contributed by atoms with Crippen molar-refractivity contribution in [2.45, 2.75) is 39.0 Å². The Morgan fingerprint density at radius 2 is 1.69 bits per heavy atom. The number of rotatable bonds is 10. The van der Waals surface area contributed by atoms with Gasteiger partial charge in [0.1, 0.15) is 6.61 Å². The minimum absolute atomic E-state index is 0.391. The molecule has 0 aliphatic rings. The molecule has 0 aliphatic carbocycles. The van der Waals surface area contributed by atoms with Gasteiger partial charge in [-0.15, -0.1) is 0 Å². The molecule has 3 nitrogen and oxygen atoms in total. The minimum atomic E-state index is 0.391. The van der Waals surface area contributed by atoms with Crippen LogP contribution in [0, 0.1) is 0 Å². The van der Waals surface area contributed by atoms with E-state index < -0.39 is 0 Å². The van der Waals surface area contributed by atoms with Crippen molar-refractivity contribution < 1.29 is 9.47 Å². The number of halogens is 1. The number of para-hydroxylation sites is 1. The predicted octanol–water partition coefficient (Wildman–Crippen LogP) is 6.04. The van der Waals surface area contributed by atoms with Crippen molar-refractivity contribution in [3.8, 4) is 11.5 Å². The first-order chi connectivity index (χ1) is 14.2. The van der Waals surface area contributed by atoms with Crippen molar-refractivity contribution in [1.29, 1.82) is 0 Å². The molecular formula is C25H28ClNO2. The van der Waals surface area contributed by atoms with E-state index in [4.69, 9.17) is 21.1 Å². The summed E-state index contributed by atoms with van der Waals surface area (Å²) in [7, 11) is 1.67. The first kappa shape index (κ1) is 21.2. The molecule has 0 saturated heterocycles. The van der Waals surface area contributed by atoms with Crippen LogP contribution in [0.2, 0.25) is 5.02 Å². The Kier molecular flexibility index (Phi) is 7.97. The summed E-state index contributed by atoms with van der Waals surface area (Å²) in [6.45, 7) is 3.38. The first-order valence-corrected chi connectivity index (χ1v) is 10.3. The van der Waals surface area contributed by atoms with Gasteiger partial charge in [-0.1, -0.05) is 66.2 Å². The molecular weight excluding hydrogens is 382 g/mol. The van der Waals surface area contributed by atoms with E-state index >= 15 is 0 Å². The SMILES string of the molecule is COc1cccc(CN[C@@H](C)CCc2ccccc2)c1OCc1cccc(Cl)c1. The van der Waals surface area contributed by atoms with Crippen LogP contribution in [0.1, 0.15) is 30.0 Å². The highest BCUT2D eigenvalue weighted by Gasteiger charge is 2.12. The Balaban J connectivity index is 1.60. The van der Waals surface area contributed by atoms with Crippen LogP contribution in [-0.2, 0) is 19.6 Å². The lowest BCUT2D eigenvalue weighted by Gasteiger charge is -2.18. The largest absolute Gasteiger partial charge is 0.493 e. The van der Waals surface area contributed by atoms with Crippen LogP contribution < -0.4 is 14.8 Å². The van der Waals surface area contributed by atoms with Crippen LogP contribution in [0.25, 0.3) is 0 Å². The Morgan fingerprint density at radius 3 is 2.45 bits per heavy atom. The third-order valence-corrected chi connectivity index (χ3v) is 5.14. The molecule has 0 heterocycles. The summed E-state index contributed by atoms with van der Waals surface area (Å²) >= 11 is 6.08. The number of hydrogen-bond acceptors (Lipinski definition) is 3. The van der Waals surface area contributed by atoms with Gasteiger partial charge in [0.15, 0.2) is 11.5 Å². The molecule has 0 fully saturated rings. The summed E-state index contributed by atoms with van der Waals surface area (Å²) in [5, 5.41) is 4.32. The van der Waals surface area contributed by atoms with Crippen LogP contribution in [0.5, 0.6) is 11.5 Å². The van der Waals surface area contributed by atoms with Gasteiger partial charge in [-0.2, -0.15) is 0 Å². The zero-order chi connectivity index (χ0) is 20.5.